The van der Waals surface area contributed by atoms with Gasteiger partial charge in [0, 0.05) is 12.5 Å². The second-order valence-corrected chi connectivity index (χ2v) is 2.24. The van der Waals surface area contributed by atoms with Crippen molar-refractivity contribution in [1.29, 1.82) is 0 Å². The van der Waals surface area contributed by atoms with Crippen molar-refractivity contribution in [3.63, 3.8) is 0 Å². The van der Waals surface area contributed by atoms with Gasteiger partial charge in [-0.25, -0.2) is 4.79 Å². The molecule has 3 N–H and O–H groups in total. The fraction of sp³-hybridized carbons (Fsp3) is 0.556. The highest BCUT2D eigenvalue weighted by Gasteiger charge is 1.97. The minimum absolute atomic E-state index is 0.150. The first-order valence-corrected chi connectivity index (χ1v) is 4.29. The van der Waals surface area contributed by atoms with Crippen LogP contribution in [-0.4, -0.2) is 30.2 Å². The summed E-state index contributed by atoms with van der Waals surface area (Å²) in [5.74, 6) is -1.13. The lowest BCUT2D eigenvalue weighted by Crippen LogP contribution is -2.07. The van der Waals surface area contributed by atoms with Crippen LogP contribution in [0.25, 0.3) is 0 Å². The van der Waals surface area contributed by atoms with E-state index in [0.717, 1.165) is 12.5 Å². The Morgan fingerprint density at radius 3 is 2.36 bits per heavy atom. The molecule has 5 nitrogen and oxygen atoms in total. The minimum atomic E-state index is -0.981. The average molecular weight is 203 g/mol. The molecular weight excluding hydrogens is 186 g/mol. The van der Waals surface area contributed by atoms with E-state index in [1.807, 2.05) is 0 Å². The monoisotopic (exact) mass is 203 g/mol. The van der Waals surface area contributed by atoms with Gasteiger partial charge in [0.2, 0.25) is 0 Å². The predicted molar refractivity (Wildman–Crippen MR) is 52.8 cm³/mol. The van der Waals surface area contributed by atoms with E-state index in [9.17, 15) is 9.59 Å². The van der Waals surface area contributed by atoms with Crippen molar-refractivity contribution >= 4 is 11.9 Å². The highest BCUT2D eigenvalue weighted by Crippen LogP contribution is 1.89. The second kappa shape index (κ2) is 11.6. The molecule has 0 saturated heterocycles. The maximum Gasteiger partial charge on any atom is 0.327 e. The van der Waals surface area contributed by atoms with E-state index < -0.39 is 5.97 Å². The molecular formula is C9H17NO4. The molecule has 0 atom stereocenters. The van der Waals surface area contributed by atoms with Crippen LogP contribution in [0.2, 0.25) is 0 Å². The molecule has 0 unspecified atom stereocenters. The highest BCUT2D eigenvalue weighted by molar-refractivity contribution is 5.78. The molecule has 14 heavy (non-hydrogen) atoms. The first-order valence-electron chi connectivity index (χ1n) is 4.29. The van der Waals surface area contributed by atoms with Gasteiger partial charge in [0.25, 0.3) is 0 Å². The molecule has 0 rings (SSSR count). The molecule has 0 aliphatic carbocycles. The van der Waals surface area contributed by atoms with Crippen LogP contribution in [0.15, 0.2) is 12.7 Å². The van der Waals surface area contributed by atoms with Crippen molar-refractivity contribution < 1.29 is 19.4 Å². The van der Waals surface area contributed by atoms with Crippen LogP contribution in [0.4, 0.5) is 0 Å². The number of carboxylic acid groups (broad SMARTS) is 1. The van der Waals surface area contributed by atoms with Crippen LogP contribution in [-0.2, 0) is 14.3 Å². The number of esters is 1. The summed E-state index contributed by atoms with van der Waals surface area (Å²) < 4.78 is 4.65. The van der Waals surface area contributed by atoms with Crippen LogP contribution < -0.4 is 5.73 Å². The number of carboxylic acids is 1. The van der Waals surface area contributed by atoms with Crippen molar-refractivity contribution in [2.45, 2.75) is 19.8 Å². The van der Waals surface area contributed by atoms with Gasteiger partial charge >= 0.3 is 11.9 Å². The second-order valence-electron chi connectivity index (χ2n) is 2.24. The summed E-state index contributed by atoms with van der Waals surface area (Å²) in [5, 5.41) is 7.60. The van der Waals surface area contributed by atoms with Crippen molar-refractivity contribution in [2.75, 3.05) is 13.2 Å². The molecule has 0 aromatic heterocycles. The molecule has 0 radical (unpaired) electrons. The molecule has 0 bridgehead atoms. The summed E-state index contributed by atoms with van der Waals surface area (Å²) in [4.78, 5) is 19.8. The quantitative estimate of drug-likeness (QED) is 0.503. The maximum atomic E-state index is 10.5. The van der Waals surface area contributed by atoms with Crippen LogP contribution in [0, 0.1) is 0 Å². The van der Waals surface area contributed by atoms with Gasteiger partial charge in [-0.15, -0.1) is 0 Å². The van der Waals surface area contributed by atoms with Crippen LogP contribution in [0.3, 0.4) is 0 Å². The van der Waals surface area contributed by atoms with Crippen molar-refractivity contribution in [2.24, 2.45) is 5.73 Å². The van der Waals surface area contributed by atoms with E-state index >= 15 is 0 Å². The molecule has 0 aromatic rings. The third kappa shape index (κ3) is 16.9. The van der Waals surface area contributed by atoms with Gasteiger partial charge in [-0.3, -0.25) is 4.79 Å². The van der Waals surface area contributed by atoms with E-state index in [-0.39, 0.29) is 5.97 Å². The number of hydrogen-bond acceptors (Lipinski definition) is 4. The molecule has 0 aliphatic rings. The van der Waals surface area contributed by atoms with Gasteiger partial charge < -0.3 is 15.6 Å². The summed E-state index contributed by atoms with van der Waals surface area (Å²) >= 11 is 0. The van der Waals surface area contributed by atoms with Gasteiger partial charge in [0.15, 0.2) is 0 Å². The molecule has 5 heteroatoms. The van der Waals surface area contributed by atoms with Crippen LogP contribution in [0.5, 0.6) is 0 Å². The third-order valence-corrected chi connectivity index (χ3v) is 1.06. The smallest absolute Gasteiger partial charge is 0.327 e. The number of ether oxygens (including phenoxy) is 1. The molecule has 0 aromatic carbocycles. The molecule has 0 fully saturated rings. The van der Waals surface area contributed by atoms with Crippen LogP contribution in [0.1, 0.15) is 19.8 Å². The Hall–Kier alpha value is -1.36. The van der Waals surface area contributed by atoms with Gasteiger partial charge in [-0.05, 0) is 19.9 Å². The lowest BCUT2D eigenvalue weighted by molar-refractivity contribution is -0.143. The topological polar surface area (TPSA) is 89.6 Å². The largest absolute Gasteiger partial charge is 0.478 e. The zero-order valence-corrected chi connectivity index (χ0v) is 8.36. The van der Waals surface area contributed by atoms with Gasteiger partial charge in [0.05, 0.1) is 6.61 Å². The lowest BCUT2D eigenvalue weighted by atomic mass is 10.3. The van der Waals surface area contributed by atoms with Gasteiger partial charge in [-0.1, -0.05) is 6.58 Å². The van der Waals surface area contributed by atoms with E-state index in [4.69, 9.17) is 10.8 Å². The minimum Gasteiger partial charge on any atom is -0.478 e. The molecule has 0 saturated carbocycles. The SMILES string of the molecule is C=CC(=O)O.CCOC(=O)CCCN. The summed E-state index contributed by atoms with van der Waals surface area (Å²) in [7, 11) is 0. The Balaban J connectivity index is 0. The lowest BCUT2D eigenvalue weighted by Gasteiger charge is -1.98. The molecule has 0 amide bonds. The Morgan fingerprint density at radius 1 is 1.57 bits per heavy atom. The van der Waals surface area contributed by atoms with Gasteiger partial charge in [0.1, 0.15) is 0 Å². The zero-order valence-electron chi connectivity index (χ0n) is 8.36. The van der Waals surface area contributed by atoms with E-state index in [1.54, 1.807) is 6.92 Å². The standard InChI is InChI=1S/C6H13NO2.C3H4O2/c1-2-9-6(8)4-3-5-7;1-2-3(4)5/h2-5,7H2,1H3;2H,1H2,(H,4,5). The number of aliphatic carboxylic acids is 1. The Morgan fingerprint density at radius 2 is 2.07 bits per heavy atom. The fourth-order valence-corrected chi connectivity index (χ4v) is 0.480. The van der Waals surface area contributed by atoms with E-state index in [0.29, 0.717) is 19.6 Å². The molecule has 82 valence electrons. The zero-order chi connectivity index (χ0) is 11.4. The van der Waals surface area contributed by atoms with Crippen LogP contribution >= 0.6 is 0 Å². The summed E-state index contributed by atoms with van der Waals surface area (Å²) in [5.41, 5.74) is 5.17. The summed E-state index contributed by atoms with van der Waals surface area (Å²) in [6, 6.07) is 0. The van der Waals surface area contributed by atoms with E-state index in [2.05, 4.69) is 11.3 Å². The number of carbonyl (C=O) groups excluding carboxylic acids is 1. The summed E-state index contributed by atoms with van der Waals surface area (Å²) in [6.07, 6.45) is 2.00. The van der Waals surface area contributed by atoms with E-state index in [1.165, 1.54) is 0 Å². The Kier molecular flexibility index (Phi) is 12.6. The first kappa shape index (κ1) is 15.1. The number of hydrogen-bond donors (Lipinski definition) is 2. The first-order chi connectivity index (χ1) is 6.58. The molecule has 0 heterocycles. The maximum absolute atomic E-state index is 10.5. The number of rotatable bonds is 5. The number of nitrogens with two attached hydrogens (primary N) is 1. The average Bonchev–Trinajstić information content (AvgIpc) is 2.16. The fourth-order valence-electron chi connectivity index (χ4n) is 0.480. The third-order valence-electron chi connectivity index (χ3n) is 1.06. The predicted octanol–water partition coefficient (Wildman–Crippen LogP) is 0.545. The normalized spacial score (nSPS) is 8.14. The van der Waals surface area contributed by atoms with Crippen molar-refractivity contribution in [3.8, 4) is 0 Å². The highest BCUT2D eigenvalue weighted by atomic mass is 16.5. The molecule has 0 spiro atoms. The summed E-state index contributed by atoms with van der Waals surface area (Å²) in [6.45, 7) is 5.77. The van der Waals surface area contributed by atoms with Crippen molar-refractivity contribution in [1.82, 2.24) is 0 Å². The Bertz CT molecular complexity index is 180. The molecule has 0 aliphatic heterocycles. The van der Waals surface area contributed by atoms with Crippen molar-refractivity contribution in [3.05, 3.63) is 12.7 Å². The van der Waals surface area contributed by atoms with Gasteiger partial charge in [-0.2, -0.15) is 0 Å². The Labute approximate surface area is 83.5 Å². The number of carbonyl (C=O) groups is 2.